The van der Waals surface area contributed by atoms with Crippen molar-refractivity contribution in [1.82, 2.24) is 4.98 Å². The molecule has 25 heavy (non-hydrogen) atoms. The molecule has 7 heteroatoms. The standard InChI is InChI=1S/C18H13N3O3.ClH/c22-12-13-6-1-2-7-14(13)15-8-3-4-9-16(15)20-18-17(21(23)24)10-5-11-19-18;/h1-12H,(H,19,20);1H. The molecule has 0 aliphatic carbocycles. The van der Waals surface area contributed by atoms with Gasteiger partial charge in [0.2, 0.25) is 5.82 Å². The van der Waals surface area contributed by atoms with Gasteiger partial charge in [-0.25, -0.2) is 4.98 Å². The zero-order valence-corrected chi connectivity index (χ0v) is 13.8. The second kappa shape index (κ2) is 8.03. The van der Waals surface area contributed by atoms with Crippen LogP contribution in [0.4, 0.5) is 17.2 Å². The summed E-state index contributed by atoms with van der Waals surface area (Å²) in [5.74, 6) is 0.151. The predicted octanol–water partition coefficient (Wildman–Crippen LogP) is 4.63. The van der Waals surface area contributed by atoms with Crippen LogP contribution in [0.5, 0.6) is 0 Å². The fourth-order valence-electron chi connectivity index (χ4n) is 2.44. The molecular formula is C18H14ClN3O3. The molecule has 3 rings (SSSR count). The molecule has 0 amide bonds. The maximum Gasteiger partial charge on any atom is 0.311 e. The summed E-state index contributed by atoms with van der Waals surface area (Å²) in [7, 11) is 0. The quantitative estimate of drug-likeness (QED) is 0.409. The van der Waals surface area contributed by atoms with Crippen LogP contribution in [0.2, 0.25) is 0 Å². The number of nitrogens with one attached hydrogen (secondary N) is 1. The van der Waals surface area contributed by atoms with Gasteiger partial charge in [-0.1, -0.05) is 42.5 Å². The molecule has 2 aromatic carbocycles. The Morgan fingerprint density at radius 2 is 1.64 bits per heavy atom. The van der Waals surface area contributed by atoms with E-state index in [4.69, 9.17) is 0 Å². The maximum atomic E-state index is 11.3. The van der Waals surface area contributed by atoms with Crippen molar-refractivity contribution in [2.45, 2.75) is 0 Å². The number of hydrogen-bond donors (Lipinski definition) is 1. The first-order valence-corrected chi connectivity index (χ1v) is 7.20. The van der Waals surface area contributed by atoms with Crippen molar-refractivity contribution in [2.24, 2.45) is 0 Å². The summed E-state index contributed by atoms with van der Waals surface area (Å²) in [5, 5.41) is 14.2. The molecule has 0 unspecified atom stereocenters. The van der Waals surface area contributed by atoms with E-state index in [-0.39, 0.29) is 23.9 Å². The zero-order valence-electron chi connectivity index (χ0n) is 13.0. The van der Waals surface area contributed by atoms with Crippen molar-refractivity contribution in [1.29, 1.82) is 0 Å². The van der Waals surface area contributed by atoms with Gasteiger partial charge >= 0.3 is 5.69 Å². The number of anilines is 2. The summed E-state index contributed by atoms with van der Waals surface area (Å²) in [4.78, 5) is 26.0. The third-order valence-corrected chi connectivity index (χ3v) is 3.54. The van der Waals surface area contributed by atoms with Crippen molar-refractivity contribution in [3.63, 3.8) is 0 Å². The van der Waals surface area contributed by atoms with E-state index in [2.05, 4.69) is 10.3 Å². The number of rotatable bonds is 5. The Morgan fingerprint density at radius 3 is 2.36 bits per heavy atom. The number of hydrogen-bond acceptors (Lipinski definition) is 5. The monoisotopic (exact) mass is 355 g/mol. The molecule has 0 saturated carbocycles. The zero-order chi connectivity index (χ0) is 16.9. The third-order valence-electron chi connectivity index (χ3n) is 3.54. The van der Waals surface area contributed by atoms with Gasteiger partial charge in [0.05, 0.1) is 4.92 Å². The lowest BCUT2D eigenvalue weighted by Gasteiger charge is -2.13. The second-order valence-corrected chi connectivity index (χ2v) is 5.00. The Hall–Kier alpha value is -3.25. The van der Waals surface area contributed by atoms with E-state index in [1.807, 2.05) is 30.3 Å². The highest BCUT2D eigenvalue weighted by atomic mass is 35.5. The molecule has 0 radical (unpaired) electrons. The first kappa shape index (κ1) is 18.1. The van der Waals surface area contributed by atoms with Gasteiger partial charge in [0, 0.05) is 29.1 Å². The fraction of sp³-hybridized carbons (Fsp3) is 0. The average molecular weight is 356 g/mol. The van der Waals surface area contributed by atoms with Crippen LogP contribution < -0.4 is 5.32 Å². The first-order valence-electron chi connectivity index (χ1n) is 7.20. The molecule has 1 heterocycles. The van der Waals surface area contributed by atoms with Gasteiger partial charge in [-0.2, -0.15) is 0 Å². The predicted molar refractivity (Wildman–Crippen MR) is 98.7 cm³/mol. The molecular weight excluding hydrogens is 342 g/mol. The number of benzene rings is 2. The molecule has 1 aromatic heterocycles. The molecule has 0 fully saturated rings. The molecule has 126 valence electrons. The van der Waals surface area contributed by atoms with Crippen LogP contribution in [-0.2, 0) is 0 Å². The average Bonchev–Trinajstić information content (AvgIpc) is 2.62. The topological polar surface area (TPSA) is 85.1 Å². The number of aldehydes is 1. The highest BCUT2D eigenvalue weighted by Crippen LogP contribution is 2.33. The van der Waals surface area contributed by atoms with Gasteiger partial charge < -0.3 is 5.32 Å². The summed E-state index contributed by atoms with van der Waals surface area (Å²) in [6.45, 7) is 0. The molecule has 1 N–H and O–H groups in total. The van der Waals surface area contributed by atoms with Crippen LogP contribution in [0.15, 0.2) is 66.9 Å². The second-order valence-electron chi connectivity index (χ2n) is 5.00. The van der Waals surface area contributed by atoms with E-state index in [9.17, 15) is 14.9 Å². The van der Waals surface area contributed by atoms with Crippen LogP contribution in [0.1, 0.15) is 10.4 Å². The number of carbonyl (C=O) groups excluding carboxylic acids is 1. The van der Waals surface area contributed by atoms with E-state index in [0.29, 0.717) is 11.3 Å². The summed E-state index contributed by atoms with van der Waals surface area (Å²) in [5.41, 5.74) is 2.57. The van der Waals surface area contributed by atoms with Crippen LogP contribution in [0.25, 0.3) is 11.1 Å². The number of pyridine rings is 1. The van der Waals surface area contributed by atoms with E-state index < -0.39 is 4.92 Å². The summed E-state index contributed by atoms with van der Waals surface area (Å²) < 4.78 is 0. The van der Waals surface area contributed by atoms with Crippen LogP contribution in [-0.4, -0.2) is 16.2 Å². The SMILES string of the molecule is Cl.O=Cc1ccccc1-c1ccccc1Nc1ncccc1[N+](=O)[O-]. The number of para-hydroxylation sites is 1. The highest BCUT2D eigenvalue weighted by Gasteiger charge is 2.16. The van der Waals surface area contributed by atoms with Crippen molar-refractivity contribution in [3.8, 4) is 11.1 Å². The van der Waals surface area contributed by atoms with Crippen molar-refractivity contribution >= 4 is 35.9 Å². The van der Waals surface area contributed by atoms with Gasteiger partial charge in [0.1, 0.15) is 0 Å². The molecule has 3 aromatic rings. The van der Waals surface area contributed by atoms with Gasteiger partial charge in [0.25, 0.3) is 0 Å². The fourth-order valence-corrected chi connectivity index (χ4v) is 2.44. The van der Waals surface area contributed by atoms with Crippen molar-refractivity contribution in [3.05, 3.63) is 82.5 Å². The van der Waals surface area contributed by atoms with E-state index in [0.717, 1.165) is 17.4 Å². The minimum Gasteiger partial charge on any atom is -0.334 e. The normalized spacial score (nSPS) is 9.76. The largest absolute Gasteiger partial charge is 0.334 e. The van der Waals surface area contributed by atoms with E-state index in [1.165, 1.54) is 18.3 Å². The number of halogens is 1. The number of aromatic nitrogens is 1. The van der Waals surface area contributed by atoms with Gasteiger partial charge in [-0.15, -0.1) is 12.4 Å². The molecule has 0 spiro atoms. The van der Waals surface area contributed by atoms with Crippen LogP contribution >= 0.6 is 12.4 Å². The Morgan fingerprint density at radius 1 is 0.960 bits per heavy atom. The van der Waals surface area contributed by atoms with E-state index >= 15 is 0 Å². The Labute approximate surface area is 150 Å². The molecule has 6 nitrogen and oxygen atoms in total. The highest BCUT2D eigenvalue weighted by molar-refractivity contribution is 5.92. The lowest BCUT2D eigenvalue weighted by atomic mass is 9.99. The minimum absolute atomic E-state index is 0. The van der Waals surface area contributed by atoms with Gasteiger partial charge in [-0.05, 0) is 17.7 Å². The molecule has 0 aliphatic heterocycles. The summed E-state index contributed by atoms with van der Waals surface area (Å²) >= 11 is 0. The van der Waals surface area contributed by atoms with E-state index in [1.54, 1.807) is 18.2 Å². The maximum absolute atomic E-state index is 11.3. The third kappa shape index (κ3) is 3.81. The first-order chi connectivity index (χ1) is 11.7. The number of nitro groups is 1. The Balaban J connectivity index is 0.00000225. The Bertz CT molecular complexity index is 915. The molecule has 0 aliphatic rings. The number of nitrogens with zero attached hydrogens (tertiary/aromatic N) is 2. The van der Waals surface area contributed by atoms with Crippen LogP contribution in [0, 0.1) is 10.1 Å². The lowest BCUT2D eigenvalue weighted by Crippen LogP contribution is -2.01. The van der Waals surface area contributed by atoms with Crippen LogP contribution in [0.3, 0.4) is 0 Å². The Kier molecular flexibility index (Phi) is 5.81. The molecule has 0 atom stereocenters. The van der Waals surface area contributed by atoms with Gasteiger partial charge in [-0.3, -0.25) is 14.9 Å². The van der Waals surface area contributed by atoms with Gasteiger partial charge in [0.15, 0.2) is 6.29 Å². The van der Waals surface area contributed by atoms with Crippen molar-refractivity contribution < 1.29 is 9.72 Å². The molecule has 0 bridgehead atoms. The smallest absolute Gasteiger partial charge is 0.311 e. The van der Waals surface area contributed by atoms with Crippen molar-refractivity contribution in [2.75, 3.05) is 5.32 Å². The number of carbonyl (C=O) groups is 1. The molecule has 0 saturated heterocycles. The summed E-state index contributed by atoms with van der Waals surface area (Å²) in [6.07, 6.45) is 2.27. The summed E-state index contributed by atoms with van der Waals surface area (Å²) in [6, 6.07) is 17.4. The lowest BCUT2D eigenvalue weighted by molar-refractivity contribution is -0.384. The minimum atomic E-state index is -0.489.